The van der Waals surface area contributed by atoms with Gasteiger partial charge in [-0.25, -0.2) is 0 Å². The summed E-state index contributed by atoms with van der Waals surface area (Å²) in [7, 11) is 0. The van der Waals surface area contributed by atoms with Crippen molar-refractivity contribution in [3.8, 4) is 0 Å². The summed E-state index contributed by atoms with van der Waals surface area (Å²) in [5.74, 6) is -1.36. The molecule has 0 aromatic carbocycles. The summed E-state index contributed by atoms with van der Waals surface area (Å²) in [6.45, 7) is 1.50. The molecule has 0 aliphatic rings. The van der Waals surface area contributed by atoms with E-state index in [4.69, 9.17) is 10.8 Å². The predicted octanol–water partition coefficient (Wildman–Crippen LogP) is -0.237. The number of nitrogens with two attached hydrogens (primary N) is 1. The van der Waals surface area contributed by atoms with Crippen LogP contribution in [0.4, 0.5) is 13.2 Å². The minimum Gasteiger partial charge on any atom is -0.394 e. The molecule has 0 aromatic heterocycles. The molecule has 2 atom stereocenters. The third-order valence-corrected chi connectivity index (χ3v) is 1.71. The van der Waals surface area contributed by atoms with Crippen LogP contribution in [0.3, 0.4) is 0 Å². The number of aliphatic hydroxyl groups is 1. The smallest absolute Gasteiger partial charge is 0.394 e. The third-order valence-electron chi connectivity index (χ3n) is 1.71. The Balaban J connectivity index is 4.53. The van der Waals surface area contributed by atoms with E-state index >= 15 is 0 Å². The van der Waals surface area contributed by atoms with Gasteiger partial charge in [0.2, 0.25) is 5.91 Å². The maximum Gasteiger partial charge on any atom is 0.415 e. The zero-order chi connectivity index (χ0) is 11.6. The van der Waals surface area contributed by atoms with Gasteiger partial charge in [-0.15, -0.1) is 0 Å². The van der Waals surface area contributed by atoms with Crippen LogP contribution >= 0.6 is 0 Å². The highest BCUT2D eigenvalue weighted by Gasteiger charge is 2.54. The largest absolute Gasteiger partial charge is 0.415 e. The van der Waals surface area contributed by atoms with Crippen molar-refractivity contribution in [2.45, 2.75) is 31.6 Å². The Morgan fingerprint density at radius 3 is 2.29 bits per heavy atom. The average molecular weight is 214 g/mol. The highest BCUT2D eigenvalue weighted by atomic mass is 19.4. The standard InChI is InChI=1S/C7H13F3N2O2/c1-4(3-13)12-5(14)6(2,11)7(8,9)10/h4,13H,3,11H2,1-2H3,(H,12,14). The average Bonchev–Trinajstić information content (AvgIpc) is 2.01. The molecule has 0 bridgehead atoms. The first-order valence-corrected chi connectivity index (χ1v) is 3.90. The number of amides is 1. The van der Waals surface area contributed by atoms with Crippen molar-refractivity contribution in [3.63, 3.8) is 0 Å². The van der Waals surface area contributed by atoms with E-state index in [1.165, 1.54) is 6.92 Å². The third kappa shape index (κ3) is 2.85. The Labute approximate surface area is 79.3 Å². The first-order chi connectivity index (χ1) is 6.13. The van der Waals surface area contributed by atoms with Crippen molar-refractivity contribution in [3.05, 3.63) is 0 Å². The second kappa shape index (κ2) is 4.14. The lowest BCUT2D eigenvalue weighted by Crippen LogP contribution is -2.62. The van der Waals surface area contributed by atoms with E-state index in [9.17, 15) is 18.0 Å². The Morgan fingerprint density at radius 2 is 2.00 bits per heavy atom. The quantitative estimate of drug-likeness (QED) is 0.607. The molecule has 0 heterocycles. The molecule has 0 saturated carbocycles. The molecule has 0 rings (SSSR count). The number of carbonyl (C=O) groups excluding carboxylic acids is 1. The number of alkyl halides is 3. The fourth-order valence-electron chi connectivity index (χ4n) is 0.548. The first kappa shape index (κ1) is 13.2. The second-order valence-electron chi connectivity index (χ2n) is 3.26. The van der Waals surface area contributed by atoms with Crippen molar-refractivity contribution in [2.75, 3.05) is 6.61 Å². The number of hydrogen-bond donors (Lipinski definition) is 3. The molecule has 0 aliphatic carbocycles. The van der Waals surface area contributed by atoms with Gasteiger partial charge in [0.1, 0.15) is 0 Å². The zero-order valence-corrected chi connectivity index (χ0v) is 7.85. The monoisotopic (exact) mass is 214 g/mol. The van der Waals surface area contributed by atoms with E-state index in [-0.39, 0.29) is 0 Å². The number of aliphatic hydroxyl groups excluding tert-OH is 1. The molecule has 0 aliphatic heterocycles. The maximum atomic E-state index is 12.2. The lowest BCUT2D eigenvalue weighted by Gasteiger charge is -2.27. The zero-order valence-electron chi connectivity index (χ0n) is 7.85. The molecular weight excluding hydrogens is 201 g/mol. The molecule has 2 unspecified atom stereocenters. The molecule has 1 amide bonds. The van der Waals surface area contributed by atoms with Crippen LogP contribution in [0.1, 0.15) is 13.8 Å². The van der Waals surface area contributed by atoms with Gasteiger partial charge in [0.25, 0.3) is 0 Å². The van der Waals surface area contributed by atoms with Gasteiger partial charge in [-0.3, -0.25) is 4.79 Å². The minimum atomic E-state index is -4.81. The summed E-state index contributed by atoms with van der Waals surface area (Å²) in [5, 5.41) is 10.5. The Hall–Kier alpha value is -0.820. The number of halogens is 3. The highest BCUT2D eigenvalue weighted by molar-refractivity contribution is 5.86. The van der Waals surface area contributed by atoms with Gasteiger partial charge in [-0.05, 0) is 13.8 Å². The molecule has 0 aromatic rings. The van der Waals surface area contributed by atoms with Gasteiger partial charge in [0, 0.05) is 6.04 Å². The predicted molar refractivity (Wildman–Crippen MR) is 43.3 cm³/mol. The van der Waals surface area contributed by atoms with Crippen LogP contribution in [0.15, 0.2) is 0 Å². The lowest BCUT2D eigenvalue weighted by molar-refractivity contribution is -0.187. The molecule has 84 valence electrons. The lowest BCUT2D eigenvalue weighted by atomic mass is 10.0. The van der Waals surface area contributed by atoms with Crippen LogP contribution in [0.5, 0.6) is 0 Å². The topological polar surface area (TPSA) is 75.3 Å². The van der Waals surface area contributed by atoms with Crippen LogP contribution in [0.2, 0.25) is 0 Å². The number of carbonyl (C=O) groups is 1. The van der Waals surface area contributed by atoms with Gasteiger partial charge in [-0.1, -0.05) is 0 Å². The van der Waals surface area contributed by atoms with E-state index in [0.717, 1.165) is 0 Å². The summed E-state index contributed by atoms with van der Waals surface area (Å²) >= 11 is 0. The van der Waals surface area contributed by atoms with Gasteiger partial charge < -0.3 is 16.2 Å². The van der Waals surface area contributed by atoms with Crippen LogP contribution < -0.4 is 11.1 Å². The van der Waals surface area contributed by atoms with E-state index in [2.05, 4.69) is 0 Å². The molecule has 14 heavy (non-hydrogen) atoms. The molecule has 0 radical (unpaired) electrons. The summed E-state index contributed by atoms with van der Waals surface area (Å²) in [6.07, 6.45) is -4.81. The Morgan fingerprint density at radius 1 is 1.57 bits per heavy atom. The molecule has 0 fully saturated rings. The molecule has 4 nitrogen and oxygen atoms in total. The number of nitrogens with one attached hydrogen (secondary N) is 1. The SMILES string of the molecule is CC(CO)NC(=O)C(C)(N)C(F)(F)F. The van der Waals surface area contributed by atoms with E-state index < -0.39 is 30.3 Å². The summed E-state index contributed by atoms with van der Waals surface area (Å²) < 4.78 is 36.6. The van der Waals surface area contributed by atoms with Gasteiger partial charge >= 0.3 is 6.18 Å². The summed E-state index contributed by atoms with van der Waals surface area (Å²) in [6, 6.07) is -0.757. The molecule has 4 N–H and O–H groups in total. The summed E-state index contributed by atoms with van der Waals surface area (Å²) in [5.41, 5.74) is 1.89. The Kier molecular flexibility index (Phi) is 3.90. The number of hydrogen-bond acceptors (Lipinski definition) is 3. The van der Waals surface area contributed by atoms with Crippen molar-refractivity contribution in [1.82, 2.24) is 5.32 Å². The van der Waals surface area contributed by atoms with Gasteiger partial charge in [0.05, 0.1) is 6.61 Å². The van der Waals surface area contributed by atoms with Crippen LogP contribution in [-0.4, -0.2) is 35.4 Å². The fraction of sp³-hybridized carbons (Fsp3) is 0.857. The van der Waals surface area contributed by atoms with Crippen molar-refractivity contribution in [1.29, 1.82) is 0 Å². The molecular formula is C7H13F3N2O2. The normalized spacial score (nSPS) is 18.5. The fourth-order valence-corrected chi connectivity index (χ4v) is 0.548. The van der Waals surface area contributed by atoms with Crippen LogP contribution in [-0.2, 0) is 4.79 Å². The minimum absolute atomic E-state index is 0.445. The number of rotatable bonds is 3. The van der Waals surface area contributed by atoms with E-state index in [1.807, 2.05) is 5.32 Å². The highest BCUT2D eigenvalue weighted by Crippen LogP contribution is 2.27. The first-order valence-electron chi connectivity index (χ1n) is 3.90. The van der Waals surface area contributed by atoms with Gasteiger partial charge in [-0.2, -0.15) is 13.2 Å². The second-order valence-corrected chi connectivity index (χ2v) is 3.26. The molecule has 0 saturated heterocycles. The van der Waals surface area contributed by atoms with E-state index in [1.54, 1.807) is 0 Å². The summed E-state index contributed by atoms with van der Waals surface area (Å²) in [4.78, 5) is 11.0. The van der Waals surface area contributed by atoms with Gasteiger partial charge in [0.15, 0.2) is 5.54 Å². The molecule has 7 heteroatoms. The van der Waals surface area contributed by atoms with Crippen LogP contribution in [0, 0.1) is 0 Å². The van der Waals surface area contributed by atoms with E-state index in [0.29, 0.717) is 6.92 Å². The van der Waals surface area contributed by atoms with Crippen LogP contribution in [0.25, 0.3) is 0 Å². The van der Waals surface area contributed by atoms with Crippen molar-refractivity contribution < 1.29 is 23.1 Å². The van der Waals surface area contributed by atoms with Crippen molar-refractivity contribution in [2.24, 2.45) is 5.73 Å². The van der Waals surface area contributed by atoms with Crippen molar-refractivity contribution >= 4 is 5.91 Å². The Bertz CT molecular complexity index is 215. The molecule has 0 spiro atoms. The maximum absolute atomic E-state index is 12.2.